The van der Waals surface area contributed by atoms with Crippen LogP contribution in [0.2, 0.25) is 0 Å². The summed E-state index contributed by atoms with van der Waals surface area (Å²) in [5, 5.41) is 9.69. The zero-order valence-corrected chi connectivity index (χ0v) is 12.3. The molecule has 1 unspecified atom stereocenters. The Morgan fingerprint density at radius 1 is 1.43 bits per heavy atom. The van der Waals surface area contributed by atoms with Crippen LogP contribution in [-0.4, -0.2) is 25.2 Å². The normalized spacial score (nSPS) is 12.1. The van der Waals surface area contributed by atoms with Crippen LogP contribution in [-0.2, 0) is 11.3 Å². The largest absolute Gasteiger partial charge is 0.377 e. The van der Waals surface area contributed by atoms with Gasteiger partial charge in [-0.05, 0) is 31.7 Å². The van der Waals surface area contributed by atoms with Crippen molar-refractivity contribution in [3.05, 3.63) is 47.3 Å². The maximum Gasteiger partial charge on any atom is 0.277 e. The number of carbonyl (C=O) groups is 1. The lowest BCUT2D eigenvalue weighted by Crippen LogP contribution is -2.14. The van der Waals surface area contributed by atoms with Crippen LogP contribution in [0.4, 0.5) is 5.69 Å². The second-order valence-corrected chi connectivity index (χ2v) is 4.70. The van der Waals surface area contributed by atoms with Crippen LogP contribution < -0.4 is 10.6 Å². The Hall–Kier alpha value is -2.18. The Labute approximate surface area is 123 Å². The fourth-order valence-corrected chi connectivity index (χ4v) is 1.88. The van der Waals surface area contributed by atoms with E-state index in [1.165, 1.54) is 0 Å². The molecule has 6 nitrogen and oxygen atoms in total. The van der Waals surface area contributed by atoms with Crippen molar-refractivity contribution in [1.82, 2.24) is 10.5 Å². The van der Waals surface area contributed by atoms with Gasteiger partial charge >= 0.3 is 0 Å². The first-order valence-electron chi connectivity index (χ1n) is 6.67. The molecule has 112 valence electrons. The second kappa shape index (κ2) is 7.01. The fourth-order valence-electron chi connectivity index (χ4n) is 1.88. The van der Waals surface area contributed by atoms with Gasteiger partial charge in [-0.25, -0.2) is 0 Å². The lowest BCUT2D eigenvalue weighted by atomic mass is 10.1. The van der Waals surface area contributed by atoms with Crippen molar-refractivity contribution in [1.29, 1.82) is 0 Å². The Bertz CT molecular complexity index is 610. The lowest BCUT2D eigenvalue weighted by Gasteiger charge is -2.12. The van der Waals surface area contributed by atoms with Gasteiger partial charge in [0.2, 0.25) is 0 Å². The first-order chi connectivity index (χ1) is 10.1. The third kappa shape index (κ3) is 3.90. The highest BCUT2D eigenvalue weighted by Gasteiger charge is 2.13. The highest BCUT2D eigenvalue weighted by molar-refractivity contribution is 6.02. The molecule has 1 atom stereocenters. The SMILES string of the molecule is CNC(C)c1cccc(NC(=O)c2cc(COC)on2)c1. The summed E-state index contributed by atoms with van der Waals surface area (Å²) in [7, 11) is 3.44. The summed E-state index contributed by atoms with van der Waals surface area (Å²) in [6.07, 6.45) is 0. The van der Waals surface area contributed by atoms with Crippen molar-refractivity contribution in [3.8, 4) is 0 Å². The molecule has 1 aromatic heterocycles. The molecule has 0 spiro atoms. The zero-order chi connectivity index (χ0) is 15.2. The monoisotopic (exact) mass is 289 g/mol. The van der Waals surface area contributed by atoms with Gasteiger partial charge in [-0.15, -0.1) is 0 Å². The molecule has 21 heavy (non-hydrogen) atoms. The molecular weight excluding hydrogens is 270 g/mol. The molecule has 0 fully saturated rings. The first-order valence-corrected chi connectivity index (χ1v) is 6.67. The van der Waals surface area contributed by atoms with Gasteiger partial charge in [-0.1, -0.05) is 17.3 Å². The minimum Gasteiger partial charge on any atom is -0.377 e. The molecule has 2 rings (SSSR count). The van der Waals surface area contributed by atoms with Gasteiger partial charge < -0.3 is 19.9 Å². The molecule has 0 bridgehead atoms. The minimum absolute atomic E-state index is 0.210. The highest BCUT2D eigenvalue weighted by atomic mass is 16.5. The minimum atomic E-state index is -0.310. The molecule has 1 amide bonds. The number of ether oxygens (including phenoxy) is 1. The average Bonchev–Trinajstić information content (AvgIpc) is 2.96. The maximum absolute atomic E-state index is 12.1. The van der Waals surface area contributed by atoms with Gasteiger partial charge in [-0.3, -0.25) is 4.79 Å². The Kier molecular flexibility index (Phi) is 5.08. The number of hydrogen-bond donors (Lipinski definition) is 2. The van der Waals surface area contributed by atoms with Gasteiger partial charge in [0, 0.05) is 24.9 Å². The number of amides is 1. The van der Waals surface area contributed by atoms with Crippen molar-refractivity contribution < 1.29 is 14.1 Å². The molecule has 0 radical (unpaired) electrons. The predicted molar refractivity (Wildman–Crippen MR) is 79.1 cm³/mol. The Morgan fingerprint density at radius 3 is 2.95 bits per heavy atom. The summed E-state index contributed by atoms with van der Waals surface area (Å²) >= 11 is 0. The molecule has 0 aliphatic carbocycles. The van der Waals surface area contributed by atoms with Crippen molar-refractivity contribution in [2.24, 2.45) is 0 Å². The molecular formula is C15H19N3O3. The van der Waals surface area contributed by atoms with E-state index in [2.05, 4.69) is 22.7 Å². The van der Waals surface area contributed by atoms with E-state index in [-0.39, 0.29) is 24.2 Å². The summed E-state index contributed by atoms with van der Waals surface area (Å²) in [5.74, 6) is 0.204. The Balaban J connectivity index is 2.08. The van der Waals surface area contributed by atoms with E-state index in [0.717, 1.165) is 11.3 Å². The topological polar surface area (TPSA) is 76.4 Å². The number of anilines is 1. The van der Waals surface area contributed by atoms with Crippen molar-refractivity contribution in [2.75, 3.05) is 19.5 Å². The van der Waals surface area contributed by atoms with Crippen LogP contribution in [0.5, 0.6) is 0 Å². The summed E-state index contributed by atoms with van der Waals surface area (Å²) in [4.78, 5) is 12.1. The molecule has 0 saturated carbocycles. The summed E-state index contributed by atoms with van der Waals surface area (Å²) in [5.41, 5.74) is 2.04. The fraction of sp³-hybridized carbons (Fsp3) is 0.333. The van der Waals surface area contributed by atoms with E-state index >= 15 is 0 Å². The number of hydrogen-bond acceptors (Lipinski definition) is 5. The summed E-state index contributed by atoms with van der Waals surface area (Å²) in [6, 6.07) is 9.44. The zero-order valence-electron chi connectivity index (χ0n) is 12.3. The highest BCUT2D eigenvalue weighted by Crippen LogP contribution is 2.17. The molecule has 0 aliphatic heterocycles. The van der Waals surface area contributed by atoms with E-state index in [0.29, 0.717) is 5.76 Å². The van der Waals surface area contributed by atoms with Crippen LogP contribution in [0.15, 0.2) is 34.9 Å². The smallest absolute Gasteiger partial charge is 0.277 e. The van der Waals surface area contributed by atoms with Crippen LogP contribution in [0.3, 0.4) is 0 Å². The van der Waals surface area contributed by atoms with E-state index in [4.69, 9.17) is 9.26 Å². The van der Waals surface area contributed by atoms with E-state index in [9.17, 15) is 4.79 Å². The van der Waals surface area contributed by atoms with Crippen LogP contribution in [0, 0.1) is 0 Å². The quantitative estimate of drug-likeness (QED) is 0.853. The average molecular weight is 289 g/mol. The standard InChI is InChI=1S/C15H19N3O3/c1-10(16-2)11-5-4-6-12(7-11)17-15(19)14-8-13(9-20-3)21-18-14/h4-8,10,16H,9H2,1-3H3,(H,17,19). The molecule has 2 N–H and O–H groups in total. The van der Waals surface area contributed by atoms with Crippen LogP contribution in [0.25, 0.3) is 0 Å². The van der Waals surface area contributed by atoms with Gasteiger partial charge in [0.15, 0.2) is 11.5 Å². The third-order valence-corrected chi connectivity index (χ3v) is 3.16. The number of aromatic nitrogens is 1. The number of carbonyl (C=O) groups excluding carboxylic acids is 1. The van der Waals surface area contributed by atoms with E-state index in [1.807, 2.05) is 31.3 Å². The molecule has 6 heteroatoms. The Morgan fingerprint density at radius 2 is 2.24 bits per heavy atom. The molecule has 1 aromatic carbocycles. The maximum atomic E-state index is 12.1. The van der Waals surface area contributed by atoms with Crippen LogP contribution >= 0.6 is 0 Å². The lowest BCUT2D eigenvalue weighted by molar-refractivity contribution is 0.101. The van der Waals surface area contributed by atoms with Crippen LogP contribution in [0.1, 0.15) is 34.8 Å². The molecule has 0 saturated heterocycles. The number of rotatable bonds is 6. The number of benzene rings is 1. The second-order valence-electron chi connectivity index (χ2n) is 4.70. The van der Waals surface area contributed by atoms with Crippen molar-refractivity contribution >= 4 is 11.6 Å². The predicted octanol–water partition coefficient (Wildman–Crippen LogP) is 2.35. The first kappa shape index (κ1) is 15.2. The summed E-state index contributed by atoms with van der Waals surface area (Å²) in [6.45, 7) is 2.34. The number of nitrogens with one attached hydrogen (secondary N) is 2. The molecule has 2 aromatic rings. The van der Waals surface area contributed by atoms with Gasteiger partial charge in [0.05, 0.1) is 0 Å². The van der Waals surface area contributed by atoms with Gasteiger partial charge in [-0.2, -0.15) is 0 Å². The van der Waals surface area contributed by atoms with Crippen molar-refractivity contribution in [3.63, 3.8) is 0 Å². The molecule has 0 aliphatic rings. The number of nitrogens with zero attached hydrogens (tertiary/aromatic N) is 1. The van der Waals surface area contributed by atoms with Gasteiger partial charge in [0.1, 0.15) is 6.61 Å². The molecule has 1 heterocycles. The van der Waals surface area contributed by atoms with E-state index < -0.39 is 0 Å². The third-order valence-electron chi connectivity index (χ3n) is 3.16. The van der Waals surface area contributed by atoms with Crippen molar-refractivity contribution in [2.45, 2.75) is 19.6 Å². The van der Waals surface area contributed by atoms with Gasteiger partial charge in [0.25, 0.3) is 5.91 Å². The number of methoxy groups -OCH3 is 1. The summed E-state index contributed by atoms with van der Waals surface area (Å²) < 4.78 is 9.92. The van der Waals surface area contributed by atoms with E-state index in [1.54, 1.807) is 13.2 Å².